The predicted octanol–water partition coefficient (Wildman–Crippen LogP) is 3.20. The minimum atomic E-state index is -2.92. The molecule has 0 bridgehead atoms. The highest BCUT2D eigenvalue weighted by atomic mass is 35.5. The van der Waals surface area contributed by atoms with Gasteiger partial charge in [0.1, 0.15) is 5.15 Å². The lowest BCUT2D eigenvalue weighted by Gasteiger charge is -2.11. The third kappa shape index (κ3) is 2.41. The summed E-state index contributed by atoms with van der Waals surface area (Å²) in [5.41, 5.74) is -0.799. The second kappa shape index (κ2) is 5.41. The van der Waals surface area contributed by atoms with Crippen molar-refractivity contribution in [3.63, 3.8) is 0 Å². The smallest absolute Gasteiger partial charge is 0.338 e. The van der Waals surface area contributed by atoms with Gasteiger partial charge in [0.2, 0.25) is 0 Å². The average molecular weight is 270 g/mol. The van der Waals surface area contributed by atoms with Crippen molar-refractivity contribution in [1.29, 1.82) is 0 Å². The van der Waals surface area contributed by atoms with Crippen molar-refractivity contribution in [2.75, 3.05) is 7.11 Å². The second-order valence-electron chi connectivity index (χ2n) is 2.79. The normalized spacial score (nSPS) is 10.6. The molecule has 0 atom stereocenters. The van der Waals surface area contributed by atoms with Gasteiger partial charge in [-0.05, 0) is 0 Å². The highest BCUT2D eigenvalue weighted by molar-refractivity contribution is 6.30. The number of ether oxygens (including phenoxy) is 1. The van der Waals surface area contributed by atoms with Gasteiger partial charge in [0.15, 0.2) is 0 Å². The van der Waals surface area contributed by atoms with E-state index in [-0.39, 0.29) is 17.0 Å². The monoisotopic (exact) mass is 269 g/mol. The third-order valence-corrected chi connectivity index (χ3v) is 2.49. The summed E-state index contributed by atoms with van der Waals surface area (Å²) in [4.78, 5) is 14.9. The molecule has 1 aromatic rings. The largest absolute Gasteiger partial charge is 0.465 e. The van der Waals surface area contributed by atoms with Crippen LogP contribution in [-0.4, -0.2) is 18.1 Å². The molecule has 3 nitrogen and oxygen atoms in total. The SMILES string of the molecule is COC(=O)c1c(CCl)cnc(Cl)c1C(F)F. The standard InChI is InChI=1S/C9H7Cl2F2NO2/c1-16-9(15)5-4(2-10)3-14-7(11)6(5)8(12)13/h3,8H,2H2,1H3. The van der Waals surface area contributed by atoms with Crippen LogP contribution >= 0.6 is 23.2 Å². The topological polar surface area (TPSA) is 39.2 Å². The zero-order chi connectivity index (χ0) is 12.3. The lowest BCUT2D eigenvalue weighted by atomic mass is 10.1. The number of carbonyl (C=O) groups is 1. The highest BCUT2D eigenvalue weighted by Crippen LogP contribution is 2.31. The van der Waals surface area contributed by atoms with Crippen LogP contribution in [0, 0.1) is 0 Å². The van der Waals surface area contributed by atoms with Crippen LogP contribution in [0.2, 0.25) is 5.15 Å². The van der Waals surface area contributed by atoms with E-state index in [9.17, 15) is 13.6 Å². The van der Waals surface area contributed by atoms with Gasteiger partial charge in [0.05, 0.1) is 18.2 Å². The van der Waals surface area contributed by atoms with E-state index < -0.39 is 23.1 Å². The van der Waals surface area contributed by atoms with E-state index >= 15 is 0 Å². The van der Waals surface area contributed by atoms with Crippen LogP contribution in [0.1, 0.15) is 27.9 Å². The predicted molar refractivity (Wildman–Crippen MR) is 55.1 cm³/mol. The number of alkyl halides is 3. The summed E-state index contributed by atoms with van der Waals surface area (Å²) in [5, 5.41) is -0.427. The number of rotatable bonds is 3. The molecule has 1 aromatic heterocycles. The molecule has 0 aliphatic heterocycles. The van der Waals surface area contributed by atoms with Crippen molar-refractivity contribution in [3.8, 4) is 0 Å². The summed E-state index contributed by atoms with van der Waals surface area (Å²) < 4.78 is 29.9. The number of halogens is 4. The maximum atomic E-state index is 12.7. The zero-order valence-corrected chi connectivity index (χ0v) is 9.65. The number of hydrogen-bond donors (Lipinski definition) is 0. The van der Waals surface area contributed by atoms with Gasteiger partial charge in [-0.15, -0.1) is 11.6 Å². The summed E-state index contributed by atoms with van der Waals surface area (Å²) in [7, 11) is 1.09. The molecule has 0 aromatic carbocycles. The van der Waals surface area contributed by atoms with Gasteiger partial charge in [-0.25, -0.2) is 18.6 Å². The second-order valence-corrected chi connectivity index (χ2v) is 3.41. The molecule has 16 heavy (non-hydrogen) atoms. The summed E-state index contributed by atoms with van der Waals surface area (Å²) in [6.07, 6.45) is -1.75. The van der Waals surface area contributed by atoms with Crippen molar-refractivity contribution in [1.82, 2.24) is 4.98 Å². The third-order valence-electron chi connectivity index (χ3n) is 1.90. The van der Waals surface area contributed by atoms with E-state index in [0.717, 1.165) is 7.11 Å². The Morgan fingerprint density at radius 2 is 2.25 bits per heavy atom. The molecular formula is C9H7Cl2F2NO2. The van der Waals surface area contributed by atoms with Gasteiger partial charge in [0.25, 0.3) is 6.43 Å². The van der Waals surface area contributed by atoms with Crippen LogP contribution in [0.3, 0.4) is 0 Å². The first-order valence-electron chi connectivity index (χ1n) is 4.12. The molecule has 1 rings (SSSR count). The van der Waals surface area contributed by atoms with Crippen molar-refractivity contribution < 1.29 is 18.3 Å². The number of nitrogens with zero attached hydrogens (tertiary/aromatic N) is 1. The number of methoxy groups -OCH3 is 1. The van der Waals surface area contributed by atoms with Crippen LogP contribution in [0.5, 0.6) is 0 Å². The molecule has 0 fully saturated rings. The van der Waals surface area contributed by atoms with Crippen molar-refractivity contribution in [3.05, 3.63) is 28.0 Å². The van der Waals surface area contributed by atoms with Crippen LogP contribution in [0.4, 0.5) is 8.78 Å². The number of pyridine rings is 1. The van der Waals surface area contributed by atoms with Gasteiger partial charge < -0.3 is 4.74 Å². The van der Waals surface area contributed by atoms with Gasteiger partial charge in [-0.3, -0.25) is 0 Å². The molecule has 0 saturated carbocycles. The molecule has 0 spiro atoms. The summed E-state index contributed by atoms with van der Waals surface area (Å²) in [6, 6.07) is 0. The average Bonchev–Trinajstić information content (AvgIpc) is 2.27. The molecule has 0 radical (unpaired) electrons. The molecule has 0 aliphatic carbocycles. The minimum Gasteiger partial charge on any atom is -0.465 e. The van der Waals surface area contributed by atoms with E-state index in [4.69, 9.17) is 23.2 Å². The molecule has 0 aliphatic rings. The summed E-state index contributed by atoms with van der Waals surface area (Å²) in [5.74, 6) is -1.04. The van der Waals surface area contributed by atoms with Gasteiger partial charge in [-0.2, -0.15) is 0 Å². The van der Waals surface area contributed by atoms with Gasteiger partial charge in [0, 0.05) is 17.6 Å². The fourth-order valence-corrected chi connectivity index (χ4v) is 1.62. The number of hydrogen-bond acceptors (Lipinski definition) is 3. The number of esters is 1. The van der Waals surface area contributed by atoms with E-state index in [1.807, 2.05) is 0 Å². The van der Waals surface area contributed by atoms with E-state index in [2.05, 4.69) is 9.72 Å². The summed E-state index contributed by atoms with van der Waals surface area (Å²) in [6.45, 7) is 0. The molecule has 0 saturated heterocycles. The molecule has 0 N–H and O–H groups in total. The van der Waals surface area contributed by atoms with E-state index in [1.165, 1.54) is 6.20 Å². The fourth-order valence-electron chi connectivity index (χ4n) is 1.19. The molecule has 0 unspecified atom stereocenters. The van der Waals surface area contributed by atoms with E-state index in [1.54, 1.807) is 0 Å². The molecule has 1 heterocycles. The Morgan fingerprint density at radius 1 is 1.62 bits per heavy atom. The van der Waals surface area contributed by atoms with E-state index in [0.29, 0.717) is 0 Å². The fraction of sp³-hybridized carbons (Fsp3) is 0.333. The van der Waals surface area contributed by atoms with Crippen molar-refractivity contribution in [2.24, 2.45) is 0 Å². The van der Waals surface area contributed by atoms with Crippen LogP contribution < -0.4 is 0 Å². The van der Waals surface area contributed by atoms with Gasteiger partial charge >= 0.3 is 5.97 Å². The van der Waals surface area contributed by atoms with Crippen LogP contribution in [0.15, 0.2) is 6.20 Å². The Labute approximate surface area is 100 Å². The Bertz CT molecular complexity index is 413. The molecule has 7 heteroatoms. The maximum absolute atomic E-state index is 12.7. The van der Waals surface area contributed by atoms with Gasteiger partial charge in [-0.1, -0.05) is 11.6 Å². The first kappa shape index (κ1) is 13.1. The highest BCUT2D eigenvalue weighted by Gasteiger charge is 2.26. The van der Waals surface area contributed by atoms with Crippen LogP contribution in [-0.2, 0) is 10.6 Å². The quantitative estimate of drug-likeness (QED) is 0.481. The molecular weight excluding hydrogens is 263 g/mol. The first-order valence-corrected chi connectivity index (χ1v) is 5.03. The Hall–Kier alpha value is -0.940. The lowest BCUT2D eigenvalue weighted by molar-refractivity contribution is 0.0588. The Kier molecular flexibility index (Phi) is 4.44. The molecule has 0 amide bonds. The summed E-state index contributed by atoms with van der Waals surface area (Å²) >= 11 is 11.0. The Morgan fingerprint density at radius 3 is 2.69 bits per heavy atom. The number of aromatic nitrogens is 1. The molecule has 88 valence electrons. The van der Waals surface area contributed by atoms with Crippen molar-refractivity contribution in [2.45, 2.75) is 12.3 Å². The zero-order valence-electron chi connectivity index (χ0n) is 8.14. The minimum absolute atomic E-state index is 0.131. The number of carbonyl (C=O) groups excluding carboxylic acids is 1. The van der Waals surface area contributed by atoms with Crippen molar-refractivity contribution >= 4 is 29.2 Å². The van der Waals surface area contributed by atoms with Crippen LogP contribution in [0.25, 0.3) is 0 Å². The first-order chi connectivity index (χ1) is 7.52. The maximum Gasteiger partial charge on any atom is 0.338 e. The Balaban J connectivity index is 3.48. The lowest BCUT2D eigenvalue weighted by Crippen LogP contribution is -2.11.